The van der Waals surface area contributed by atoms with E-state index in [2.05, 4.69) is 10.1 Å². The Balaban J connectivity index is 1.52. The van der Waals surface area contributed by atoms with Crippen molar-refractivity contribution >= 4 is 17.5 Å². The van der Waals surface area contributed by atoms with Gasteiger partial charge in [0.05, 0.1) is 5.71 Å². The summed E-state index contributed by atoms with van der Waals surface area (Å²) in [5, 5.41) is 4.97. The molecule has 2 amide bonds. The normalized spacial score (nSPS) is 20.9. The molecule has 34 heavy (non-hydrogen) atoms. The average molecular weight is 475 g/mol. The number of nitrogens with two attached hydrogens (primary N) is 1. The highest BCUT2D eigenvalue weighted by atomic mass is 19.3. The number of fused-ring (bicyclic) bond motifs is 1. The Kier molecular flexibility index (Phi) is 6.82. The van der Waals surface area contributed by atoms with Crippen LogP contribution in [0.2, 0.25) is 0 Å². The lowest BCUT2D eigenvalue weighted by Crippen LogP contribution is -2.59. The molecule has 2 atom stereocenters. The van der Waals surface area contributed by atoms with Gasteiger partial charge in [0, 0.05) is 37.8 Å². The van der Waals surface area contributed by atoms with Crippen LogP contribution >= 0.6 is 0 Å². The van der Waals surface area contributed by atoms with Crippen molar-refractivity contribution in [1.29, 1.82) is 0 Å². The van der Waals surface area contributed by atoms with Crippen LogP contribution in [0.3, 0.4) is 0 Å². The Morgan fingerprint density at radius 1 is 1.21 bits per heavy atom. The second kappa shape index (κ2) is 9.80. The summed E-state index contributed by atoms with van der Waals surface area (Å²) in [5.41, 5.74) is 5.75. The Bertz CT molecular complexity index is 1080. The Morgan fingerprint density at radius 3 is 2.68 bits per heavy atom. The highest BCUT2D eigenvalue weighted by Crippen LogP contribution is 2.38. The van der Waals surface area contributed by atoms with E-state index in [1.807, 2.05) is 0 Å². The van der Waals surface area contributed by atoms with Gasteiger partial charge in [0.2, 0.25) is 5.91 Å². The van der Waals surface area contributed by atoms with Crippen LogP contribution in [0.4, 0.5) is 13.2 Å². The van der Waals surface area contributed by atoms with E-state index in [0.29, 0.717) is 11.4 Å². The molecule has 2 aliphatic heterocycles. The van der Waals surface area contributed by atoms with Crippen LogP contribution in [0.5, 0.6) is 5.75 Å². The van der Waals surface area contributed by atoms with Crippen LogP contribution in [0.25, 0.3) is 0 Å². The summed E-state index contributed by atoms with van der Waals surface area (Å²) in [5.74, 6) is -1.69. The van der Waals surface area contributed by atoms with Crippen molar-refractivity contribution in [2.75, 3.05) is 26.2 Å². The van der Waals surface area contributed by atoms with E-state index < -0.39 is 42.1 Å². The number of rotatable bonds is 8. The van der Waals surface area contributed by atoms with Crippen molar-refractivity contribution in [3.63, 3.8) is 0 Å². The minimum absolute atomic E-state index is 0.0287. The quantitative estimate of drug-likeness (QED) is 0.628. The largest absolute Gasteiger partial charge is 0.488 e. The standard InChI is InChI=1S/C23H24F3N5O3/c24-16-6-1-2-7-18(16)34-13-17(27)21(32)30-10-8-19-23(14-30,11-15-5-3-4-9-28-15)22(33)31(29-19)12-20(25)26/h1-7,9,17,20H,8,10-14,27H2/t17-,23-/m1/s1. The van der Waals surface area contributed by atoms with Gasteiger partial charge >= 0.3 is 0 Å². The van der Waals surface area contributed by atoms with Crippen molar-refractivity contribution in [3.8, 4) is 5.75 Å². The first-order valence-corrected chi connectivity index (χ1v) is 10.8. The minimum Gasteiger partial charge on any atom is -0.488 e. The monoisotopic (exact) mass is 475 g/mol. The number of hydrazone groups is 1. The zero-order chi connectivity index (χ0) is 24.3. The van der Waals surface area contributed by atoms with Gasteiger partial charge in [-0.05, 0) is 24.3 Å². The molecular formula is C23H24F3N5O3. The molecule has 180 valence electrons. The number of piperidine rings is 1. The van der Waals surface area contributed by atoms with Crippen LogP contribution in [-0.4, -0.2) is 71.1 Å². The SMILES string of the molecule is N[C@H](COc1ccccc1F)C(=O)N1CCC2=NN(CC(F)F)C(=O)[C@]2(Cc2ccccn2)C1. The first kappa shape index (κ1) is 23.7. The Hall–Kier alpha value is -3.47. The summed E-state index contributed by atoms with van der Waals surface area (Å²) >= 11 is 0. The zero-order valence-electron chi connectivity index (χ0n) is 18.2. The van der Waals surface area contributed by atoms with E-state index in [1.165, 1.54) is 23.1 Å². The fourth-order valence-electron chi connectivity index (χ4n) is 4.29. The average Bonchev–Trinajstić information content (AvgIpc) is 3.08. The van der Waals surface area contributed by atoms with Gasteiger partial charge in [-0.15, -0.1) is 0 Å². The summed E-state index contributed by atoms with van der Waals surface area (Å²) < 4.78 is 45.3. The Labute approximate surface area is 194 Å². The maximum absolute atomic E-state index is 13.8. The first-order chi connectivity index (χ1) is 16.3. The van der Waals surface area contributed by atoms with E-state index in [1.54, 1.807) is 30.5 Å². The number of ether oxygens (including phenoxy) is 1. The molecular weight excluding hydrogens is 451 g/mol. The lowest BCUT2D eigenvalue weighted by Gasteiger charge is -2.40. The number of hydrogen-bond acceptors (Lipinski definition) is 6. The van der Waals surface area contributed by atoms with Crippen LogP contribution in [-0.2, 0) is 16.0 Å². The molecule has 1 fully saturated rings. The predicted molar refractivity (Wildman–Crippen MR) is 117 cm³/mol. The van der Waals surface area contributed by atoms with Crippen molar-refractivity contribution in [1.82, 2.24) is 14.9 Å². The molecule has 1 aromatic heterocycles. The van der Waals surface area contributed by atoms with E-state index in [-0.39, 0.29) is 38.3 Å². The first-order valence-electron chi connectivity index (χ1n) is 10.8. The summed E-state index contributed by atoms with van der Waals surface area (Å²) in [6.45, 7) is -0.954. The third-order valence-corrected chi connectivity index (χ3v) is 5.92. The number of likely N-dealkylation sites (tertiary alicyclic amines) is 1. The number of aromatic nitrogens is 1. The second-order valence-electron chi connectivity index (χ2n) is 8.26. The third-order valence-electron chi connectivity index (χ3n) is 5.92. The van der Waals surface area contributed by atoms with Crippen molar-refractivity contribution < 1.29 is 27.5 Å². The van der Waals surface area contributed by atoms with E-state index >= 15 is 0 Å². The minimum atomic E-state index is -2.75. The lowest BCUT2D eigenvalue weighted by atomic mass is 9.74. The van der Waals surface area contributed by atoms with Crippen LogP contribution in [0.15, 0.2) is 53.8 Å². The van der Waals surface area contributed by atoms with Crippen LogP contribution in [0, 0.1) is 11.2 Å². The molecule has 0 spiro atoms. The van der Waals surface area contributed by atoms with Gasteiger partial charge < -0.3 is 15.4 Å². The molecule has 0 radical (unpaired) electrons. The number of para-hydroxylation sites is 1. The van der Waals surface area contributed by atoms with Gasteiger partial charge in [0.25, 0.3) is 12.3 Å². The number of amides is 2. The molecule has 11 heteroatoms. The number of alkyl halides is 2. The molecule has 1 aromatic carbocycles. The van der Waals surface area contributed by atoms with Gasteiger partial charge in [-0.25, -0.2) is 18.2 Å². The fraction of sp³-hybridized carbons (Fsp3) is 0.391. The summed E-state index contributed by atoms with van der Waals surface area (Å²) in [6, 6.07) is 9.85. The number of hydrogen-bond donors (Lipinski definition) is 1. The topological polar surface area (TPSA) is 101 Å². The molecule has 0 bridgehead atoms. The third kappa shape index (κ3) is 4.74. The Morgan fingerprint density at radius 2 is 1.97 bits per heavy atom. The maximum atomic E-state index is 13.8. The van der Waals surface area contributed by atoms with Crippen molar-refractivity contribution in [2.45, 2.75) is 25.3 Å². The summed E-state index contributed by atoms with van der Waals surface area (Å²) in [7, 11) is 0. The number of carbonyl (C=O) groups excluding carboxylic acids is 2. The number of pyridine rings is 1. The number of nitrogens with zero attached hydrogens (tertiary/aromatic N) is 4. The van der Waals surface area contributed by atoms with Crippen molar-refractivity contribution in [3.05, 3.63) is 60.2 Å². The molecule has 8 nitrogen and oxygen atoms in total. The highest BCUT2D eigenvalue weighted by molar-refractivity contribution is 6.13. The lowest BCUT2D eigenvalue weighted by molar-refractivity contribution is -0.142. The number of carbonyl (C=O) groups is 2. The molecule has 3 heterocycles. The smallest absolute Gasteiger partial charge is 0.258 e. The zero-order valence-corrected chi connectivity index (χ0v) is 18.2. The molecule has 1 saturated heterocycles. The molecule has 0 unspecified atom stereocenters. The number of halogens is 3. The molecule has 0 aliphatic carbocycles. The van der Waals surface area contributed by atoms with Gasteiger partial charge in [-0.1, -0.05) is 18.2 Å². The molecule has 0 saturated carbocycles. The maximum Gasteiger partial charge on any atom is 0.258 e. The van der Waals surface area contributed by atoms with Crippen LogP contribution in [0.1, 0.15) is 12.1 Å². The van der Waals surface area contributed by atoms with Crippen molar-refractivity contribution in [2.24, 2.45) is 16.3 Å². The molecule has 2 aliphatic rings. The number of benzene rings is 1. The molecule has 2 aromatic rings. The van der Waals surface area contributed by atoms with Gasteiger partial charge in [-0.3, -0.25) is 14.6 Å². The van der Waals surface area contributed by atoms with E-state index in [9.17, 15) is 22.8 Å². The van der Waals surface area contributed by atoms with Gasteiger partial charge in [0.15, 0.2) is 11.6 Å². The van der Waals surface area contributed by atoms with E-state index in [0.717, 1.165) is 5.01 Å². The van der Waals surface area contributed by atoms with Crippen LogP contribution < -0.4 is 10.5 Å². The van der Waals surface area contributed by atoms with Gasteiger partial charge in [0.1, 0.15) is 24.6 Å². The summed E-state index contributed by atoms with van der Waals surface area (Å²) in [4.78, 5) is 32.1. The molecule has 4 rings (SSSR count). The highest BCUT2D eigenvalue weighted by Gasteiger charge is 2.55. The molecule has 2 N–H and O–H groups in total. The van der Waals surface area contributed by atoms with E-state index in [4.69, 9.17) is 10.5 Å². The summed E-state index contributed by atoms with van der Waals surface area (Å²) in [6.07, 6.45) is -0.844. The predicted octanol–water partition coefficient (Wildman–Crippen LogP) is 1.85. The second-order valence-corrected chi connectivity index (χ2v) is 8.26. The fourth-order valence-corrected chi connectivity index (χ4v) is 4.29. The van der Waals surface area contributed by atoms with Gasteiger partial charge in [-0.2, -0.15) is 5.10 Å².